The lowest BCUT2D eigenvalue weighted by Crippen LogP contribution is -2.42. The number of carbonyl (C=O) groups excluding carboxylic acids is 2. The lowest BCUT2D eigenvalue weighted by atomic mass is 9.67. The minimum absolute atomic E-state index is 0.0869. The van der Waals surface area contributed by atoms with Crippen LogP contribution in [0.15, 0.2) is 24.3 Å². The Morgan fingerprint density at radius 2 is 1.81 bits per heavy atom. The van der Waals surface area contributed by atoms with Crippen LogP contribution in [0.1, 0.15) is 58.3 Å². The standard InChI is InChI=1S/C21H28N2O4/c1-21(14-19(25)26,15-6-3-2-4-7-15)20(27)22-16-9-11-17(12-10-16)23-13-5-8-18(23)24/h9-12,15H,2-8,13-14H2,1H3,(H,22,27)(H,25,26). The quantitative estimate of drug-likeness (QED) is 0.795. The molecular weight excluding hydrogens is 344 g/mol. The minimum Gasteiger partial charge on any atom is -0.481 e. The van der Waals surface area contributed by atoms with Gasteiger partial charge in [0, 0.05) is 24.3 Å². The topological polar surface area (TPSA) is 86.7 Å². The van der Waals surface area contributed by atoms with Crippen molar-refractivity contribution in [3.05, 3.63) is 24.3 Å². The molecule has 3 rings (SSSR count). The summed E-state index contributed by atoms with van der Waals surface area (Å²) < 4.78 is 0. The molecule has 1 aromatic rings. The maximum atomic E-state index is 13.0. The van der Waals surface area contributed by atoms with E-state index < -0.39 is 11.4 Å². The van der Waals surface area contributed by atoms with Gasteiger partial charge in [0.25, 0.3) is 0 Å². The summed E-state index contributed by atoms with van der Waals surface area (Å²) >= 11 is 0. The maximum absolute atomic E-state index is 13.0. The number of hydrogen-bond acceptors (Lipinski definition) is 3. The van der Waals surface area contributed by atoms with Gasteiger partial charge in [-0.3, -0.25) is 14.4 Å². The van der Waals surface area contributed by atoms with Crippen molar-refractivity contribution in [1.82, 2.24) is 0 Å². The number of benzene rings is 1. The Morgan fingerprint density at radius 1 is 1.15 bits per heavy atom. The zero-order chi connectivity index (χ0) is 19.4. The first-order chi connectivity index (χ1) is 12.9. The Morgan fingerprint density at radius 3 is 2.37 bits per heavy atom. The van der Waals surface area contributed by atoms with Gasteiger partial charge in [0.1, 0.15) is 0 Å². The van der Waals surface area contributed by atoms with E-state index >= 15 is 0 Å². The van der Waals surface area contributed by atoms with Crippen molar-refractivity contribution in [2.24, 2.45) is 11.3 Å². The lowest BCUT2D eigenvalue weighted by molar-refractivity contribution is -0.145. The molecule has 0 spiro atoms. The van der Waals surface area contributed by atoms with Gasteiger partial charge in [-0.05, 0) is 56.4 Å². The second-order valence-corrected chi connectivity index (χ2v) is 7.97. The monoisotopic (exact) mass is 372 g/mol. The molecule has 0 aromatic heterocycles. The van der Waals surface area contributed by atoms with Crippen LogP contribution in [0.5, 0.6) is 0 Å². The number of carboxylic acid groups (broad SMARTS) is 1. The predicted octanol–water partition coefficient (Wildman–Crippen LogP) is 3.81. The molecule has 1 aromatic carbocycles. The smallest absolute Gasteiger partial charge is 0.304 e. The van der Waals surface area contributed by atoms with E-state index in [4.69, 9.17) is 0 Å². The van der Waals surface area contributed by atoms with E-state index in [1.165, 1.54) is 0 Å². The van der Waals surface area contributed by atoms with E-state index in [2.05, 4.69) is 5.32 Å². The van der Waals surface area contributed by atoms with Crippen molar-refractivity contribution in [1.29, 1.82) is 0 Å². The van der Waals surface area contributed by atoms with Gasteiger partial charge in [0.2, 0.25) is 11.8 Å². The maximum Gasteiger partial charge on any atom is 0.304 e. The highest BCUT2D eigenvalue weighted by atomic mass is 16.4. The molecule has 1 aliphatic heterocycles. The zero-order valence-corrected chi connectivity index (χ0v) is 15.9. The molecule has 27 heavy (non-hydrogen) atoms. The third-order valence-corrected chi connectivity index (χ3v) is 6.05. The van der Waals surface area contributed by atoms with Gasteiger partial charge in [0.05, 0.1) is 11.8 Å². The van der Waals surface area contributed by atoms with Gasteiger partial charge in [-0.1, -0.05) is 19.3 Å². The number of nitrogens with one attached hydrogen (secondary N) is 1. The predicted molar refractivity (Wildman–Crippen MR) is 104 cm³/mol. The fourth-order valence-corrected chi connectivity index (χ4v) is 4.38. The van der Waals surface area contributed by atoms with Gasteiger partial charge in [0.15, 0.2) is 0 Å². The Labute approximate surface area is 159 Å². The van der Waals surface area contributed by atoms with Crippen LogP contribution in [0.25, 0.3) is 0 Å². The number of nitrogens with zero attached hydrogens (tertiary/aromatic N) is 1. The molecule has 2 fully saturated rings. The molecule has 1 aliphatic carbocycles. The molecule has 6 nitrogen and oxygen atoms in total. The summed E-state index contributed by atoms with van der Waals surface area (Å²) in [4.78, 5) is 38.0. The Hall–Kier alpha value is -2.37. The molecule has 0 bridgehead atoms. The summed E-state index contributed by atoms with van der Waals surface area (Å²) in [6, 6.07) is 7.21. The highest BCUT2D eigenvalue weighted by molar-refractivity contribution is 5.98. The van der Waals surface area contributed by atoms with Gasteiger partial charge in [-0.2, -0.15) is 0 Å². The van der Waals surface area contributed by atoms with Crippen molar-refractivity contribution in [3.8, 4) is 0 Å². The van der Waals surface area contributed by atoms with Crippen molar-refractivity contribution < 1.29 is 19.5 Å². The lowest BCUT2D eigenvalue weighted by Gasteiger charge is -2.37. The van der Waals surface area contributed by atoms with E-state index in [0.717, 1.165) is 50.8 Å². The van der Waals surface area contributed by atoms with Crippen LogP contribution in [0, 0.1) is 11.3 Å². The van der Waals surface area contributed by atoms with Gasteiger partial charge in [-0.15, -0.1) is 0 Å². The van der Waals surface area contributed by atoms with E-state index in [0.29, 0.717) is 12.1 Å². The van der Waals surface area contributed by atoms with Gasteiger partial charge < -0.3 is 15.3 Å². The van der Waals surface area contributed by atoms with E-state index in [1.807, 2.05) is 12.1 Å². The number of carbonyl (C=O) groups is 3. The number of carboxylic acids is 1. The Balaban J connectivity index is 1.72. The first-order valence-electron chi connectivity index (χ1n) is 9.84. The Kier molecular flexibility index (Phi) is 5.82. The molecule has 1 heterocycles. The number of aliphatic carboxylic acids is 1. The van der Waals surface area contributed by atoms with E-state index in [1.54, 1.807) is 24.0 Å². The van der Waals surface area contributed by atoms with E-state index in [9.17, 15) is 19.5 Å². The number of hydrogen-bond donors (Lipinski definition) is 2. The van der Waals surface area contributed by atoms with Crippen LogP contribution in [-0.2, 0) is 14.4 Å². The van der Waals surface area contributed by atoms with Crippen LogP contribution in [0.2, 0.25) is 0 Å². The molecular formula is C21H28N2O4. The second kappa shape index (κ2) is 8.11. The highest BCUT2D eigenvalue weighted by Gasteiger charge is 2.43. The number of rotatable bonds is 6. The molecule has 146 valence electrons. The molecule has 1 saturated carbocycles. The first kappa shape index (κ1) is 19.4. The average Bonchev–Trinajstić information content (AvgIpc) is 3.08. The van der Waals surface area contributed by atoms with Crippen molar-refractivity contribution in [2.75, 3.05) is 16.8 Å². The summed E-state index contributed by atoms with van der Waals surface area (Å²) in [5.74, 6) is -0.968. The SMILES string of the molecule is CC(CC(=O)O)(C(=O)Nc1ccc(N2CCCC2=O)cc1)C1CCCCC1. The normalized spacial score (nSPS) is 20.3. The molecule has 1 atom stereocenters. The first-order valence-corrected chi connectivity index (χ1v) is 9.84. The van der Waals surface area contributed by atoms with E-state index in [-0.39, 0.29) is 24.2 Å². The van der Waals surface area contributed by atoms with Crippen LogP contribution in [0.3, 0.4) is 0 Å². The second-order valence-electron chi connectivity index (χ2n) is 7.97. The van der Waals surface area contributed by atoms with Crippen molar-refractivity contribution >= 4 is 29.2 Å². The van der Waals surface area contributed by atoms with Crippen molar-refractivity contribution in [2.45, 2.75) is 58.3 Å². The third-order valence-electron chi connectivity index (χ3n) is 6.05. The fourth-order valence-electron chi connectivity index (χ4n) is 4.38. The summed E-state index contributed by atoms with van der Waals surface area (Å²) in [6.07, 6.45) is 6.32. The van der Waals surface area contributed by atoms with Gasteiger partial charge in [-0.25, -0.2) is 0 Å². The molecule has 1 saturated heterocycles. The largest absolute Gasteiger partial charge is 0.481 e. The summed E-state index contributed by atoms with van der Waals surface area (Å²) in [7, 11) is 0. The molecule has 0 radical (unpaired) electrons. The zero-order valence-electron chi connectivity index (χ0n) is 15.9. The molecule has 6 heteroatoms. The van der Waals surface area contributed by atoms with Crippen LogP contribution >= 0.6 is 0 Å². The van der Waals surface area contributed by atoms with Crippen LogP contribution < -0.4 is 10.2 Å². The number of anilines is 2. The summed E-state index contributed by atoms with van der Waals surface area (Å²) in [5, 5.41) is 12.3. The van der Waals surface area contributed by atoms with Gasteiger partial charge >= 0.3 is 5.97 Å². The average molecular weight is 372 g/mol. The summed E-state index contributed by atoms with van der Waals surface area (Å²) in [5.41, 5.74) is 0.537. The Bertz CT molecular complexity index is 709. The molecule has 1 unspecified atom stereocenters. The minimum atomic E-state index is -0.943. The third kappa shape index (κ3) is 4.31. The van der Waals surface area contributed by atoms with Crippen LogP contribution in [0.4, 0.5) is 11.4 Å². The van der Waals surface area contributed by atoms with Crippen molar-refractivity contribution in [3.63, 3.8) is 0 Å². The fraction of sp³-hybridized carbons (Fsp3) is 0.571. The molecule has 2 aliphatic rings. The van der Waals surface area contributed by atoms with Crippen LogP contribution in [-0.4, -0.2) is 29.4 Å². The number of amides is 2. The molecule has 2 N–H and O–H groups in total. The molecule has 2 amide bonds. The summed E-state index contributed by atoms with van der Waals surface area (Å²) in [6.45, 7) is 2.51. The highest BCUT2D eigenvalue weighted by Crippen LogP contribution is 2.42.